The van der Waals surface area contributed by atoms with Gasteiger partial charge in [-0.3, -0.25) is 0 Å². The zero-order valence-corrected chi connectivity index (χ0v) is 12.7. The molecule has 0 radical (unpaired) electrons. The van der Waals surface area contributed by atoms with Crippen molar-refractivity contribution in [3.8, 4) is 0 Å². The van der Waals surface area contributed by atoms with Gasteiger partial charge in [0.25, 0.3) is 0 Å². The molecule has 126 valence electrons. The van der Waals surface area contributed by atoms with Gasteiger partial charge in [-0.2, -0.15) is 13.2 Å². The summed E-state index contributed by atoms with van der Waals surface area (Å²) in [6.07, 6.45) is -5.25. The zero-order valence-electron chi connectivity index (χ0n) is 12.7. The van der Waals surface area contributed by atoms with Crippen molar-refractivity contribution in [2.24, 2.45) is 0 Å². The predicted molar refractivity (Wildman–Crippen MR) is 82.7 cm³/mol. The third-order valence-electron chi connectivity index (χ3n) is 4.47. The predicted octanol–water partition coefficient (Wildman–Crippen LogP) is 4.33. The molecular weight excluding hydrogens is 319 g/mol. The summed E-state index contributed by atoms with van der Waals surface area (Å²) in [5.41, 5.74) is 1.50. The van der Waals surface area contributed by atoms with Gasteiger partial charge in [-0.15, -0.1) is 0 Å². The Morgan fingerprint density at radius 1 is 0.958 bits per heavy atom. The molecule has 1 N–H and O–H groups in total. The first-order chi connectivity index (χ1) is 11.5. The largest absolute Gasteiger partial charge is 0.416 e. The molecule has 2 aliphatic rings. The Labute approximate surface area is 137 Å². The fraction of sp³-hybridized carbons (Fsp3) is 0.333. The normalized spacial score (nSPS) is 26.2. The van der Waals surface area contributed by atoms with E-state index in [-0.39, 0.29) is 12.1 Å². The van der Waals surface area contributed by atoms with Crippen LogP contribution in [0, 0.1) is 0 Å². The lowest BCUT2D eigenvalue weighted by molar-refractivity contribution is -0.152. The van der Waals surface area contributed by atoms with Crippen molar-refractivity contribution < 1.29 is 22.6 Å². The Kier molecular flexibility index (Phi) is 3.73. The summed E-state index contributed by atoms with van der Waals surface area (Å²) < 4.78 is 50.8. The number of ether oxygens (including phenoxy) is 2. The van der Waals surface area contributed by atoms with Crippen LogP contribution in [0.3, 0.4) is 0 Å². The third-order valence-corrected chi connectivity index (χ3v) is 4.47. The van der Waals surface area contributed by atoms with Gasteiger partial charge < -0.3 is 14.8 Å². The number of hydrogen-bond donors (Lipinski definition) is 1. The Hall–Kier alpha value is -2.05. The molecule has 6 heteroatoms. The molecule has 24 heavy (non-hydrogen) atoms. The monoisotopic (exact) mass is 335 g/mol. The van der Waals surface area contributed by atoms with Gasteiger partial charge in [0.15, 0.2) is 0 Å². The van der Waals surface area contributed by atoms with Gasteiger partial charge in [0.05, 0.1) is 24.8 Å². The molecule has 2 aromatic carbocycles. The number of hydrogen-bond acceptors (Lipinski definition) is 3. The Balaban J connectivity index is 1.77. The molecule has 4 rings (SSSR count). The second-order valence-electron chi connectivity index (χ2n) is 5.96. The second-order valence-corrected chi connectivity index (χ2v) is 5.96. The Morgan fingerprint density at radius 3 is 2.46 bits per heavy atom. The molecule has 2 aromatic rings. The van der Waals surface area contributed by atoms with Crippen molar-refractivity contribution in [1.82, 2.24) is 0 Å². The van der Waals surface area contributed by atoms with E-state index in [9.17, 15) is 13.2 Å². The maximum atomic E-state index is 13.0. The van der Waals surface area contributed by atoms with Crippen molar-refractivity contribution in [3.63, 3.8) is 0 Å². The fourth-order valence-electron chi connectivity index (χ4n) is 3.37. The Bertz CT molecular complexity index is 733. The molecule has 0 spiro atoms. The lowest BCUT2D eigenvalue weighted by Crippen LogP contribution is -2.43. The van der Waals surface area contributed by atoms with E-state index in [4.69, 9.17) is 9.47 Å². The molecule has 0 saturated carbocycles. The number of fused-ring (bicyclic) bond motifs is 3. The van der Waals surface area contributed by atoms with Gasteiger partial charge in [0.1, 0.15) is 12.2 Å². The summed E-state index contributed by atoms with van der Waals surface area (Å²) in [4.78, 5) is 0. The standard InChI is InChI=1S/C18H16F3NO2/c19-18(20,21)12-6-7-14-13(10-12)16-17(24-9-8-23-16)15(22-14)11-4-2-1-3-5-11/h1-7,10,15-17,22H,8-9H2/t15-,16+,17-/m0/s1. The van der Waals surface area contributed by atoms with Crippen LogP contribution in [0.15, 0.2) is 48.5 Å². The van der Waals surface area contributed by atoms with Crippen molar-refractivity contribution >= 4 is 5.69 Å². The molecule has 0 bridgehead atoms. The van der Waals surface area contributed by atoms with E-state index in [0.717, 1.165) is 17.7 Å². The number of anilines is 1. The summed E-state index contributed by atoms with van der Waals surface area (Å²) in [7, 11) is 0. The SMILES string of the molecule is FC(F)(F)c1ccc2c(c1)[C@H]1OCCO[C@H]1[C@H](c1ccccc1)N2. The van der Waals surface area contributed by atoms with Crippen LogP contribution in [0.25, 0.3) is 0 Å². The van der Waals surface area contributed by atoms with Crippen molar-refractivity contribution in [3.05, 3.63) is 65.2 Å². The molecule has 2 aliphatic heterocycles. The summed E-state index contributed by atoms with van der Waals surface area (Å²) in [5, 5.41) is 3.32. The lowest BCUT2D eigenvalue weighted by atomic mass is 9.87. The van der Waals surface area contributed by atoms with Crippen LogP contribution in [-0.2, 0) is 15.7 Å². The highest BCUT2D eigenvalue weighted by Crippen LogP contribution is 2.45. The highest BCUT2D eigenvalue weighted by molar-refractivity contribution is 5.59. The van der Waals surface area contributed by atoms with Gasteiger partial charge in [-0.25, -0.2) is 0 Å². The fourth-order valence-corrected chi connectivity index (χ4v) is 3.37. The molecule has 0 aliphatic carbocycles. The van der Waals surface area contributed by atoms with Crippen LogP contribution in [0.1, 0.15) is 28.8 Å². The first-order valence-corrected chi connectivity index (χ1v) is 7.80. The lowest BCUT2D eigenvalue weighted by Gasteiger charge is -2.43. The third kappa shape index (κ3) is 2.65. The smallest absolute Gasteiger partial charge is 0.375 e. The van der Waals surface area contributed by atoms with Gasteiger partial charge >= 0.3 is 6.18 Å². The topological polar surface area (TPSA) is 30.5 Å². The van der Waals surface area contributed by atoms with Crippen molar-refractivity contribution in [1.29, 1.82) is 0 Å². The summed E-state index contributed by atoms with van der Waals surface area (Å²) in [6, 6.07) is 13.3. The summed E-state index contributed by atoms with van der Waals surface area (Å²) in [6.45, 7) is 0.804. The molecule has 1 fully saturated rings. The molecule has 0 unspecified atom stereocenters. The van der Waals surface area contributed by atoms with Crippen LogP contribution in [0.4, 0.5) is 18.9 Å². The molecular formula is C18H16F3NO2. The second kappa shape index (κ2) is 5.79. The summed E-state index contributed by atoms with van der Waals surface area (Å²) in [5.74, 6) is 0. The van der Waals surface area contributed by atoms with Gasteiger partial charge in [0, 0.05) is 11.3 Å². The maximum Gasteiger partial charge on any atom is 0.416 e. The van der Waals surface area contributed by atoms with Gasteiger partial charge in [0.2, 0.25) is 0 Å². The minimum Gasteiger partial charge on any atom is -0.375 e. The minimum absolute atomic E-state index is 0.166. The number of benzene rings is 2. The van der Waals surface area contributed by atoms with E-state index in [2.05, 4.69) is 5.32 Å². The molecule has 1 saturated heterocycles. The summed E-state index contributed by atoms with van der Waals surface area (Å²) >= 11 is 0. The van der Waals surface area contributed by atoms with Crippen LogP contribution >= 0.6 is 0 Å². The van der Waals surface area contributed by atoms with Crippen LogP contribution in [0.5, 0.6) is 0 Å². The zero-order chi connectivity index (χ0) is 16.7. The molecule has 2 heterocycles. The van der Waals surface area contributed by atoms with E-state index < -0.39 is 17.8 Å². The molecule has 3 atom stereocenters. The van der Waals surface area contributed by atoms with Crippen LogP contribution in [0.2, 0.25) is 0 Å². The van der Waals surface area contributed by atoms with Gasteiger partial charge in [-0.05, 0) is 23.8 Å². The van der Waals surface area contributed by atoms with E-state index >= 15 is 0 Å². The molecule has 0 amide bonds. The van der Waals surface area contributed by atoms with Crippen molar-refractivity contribution in [2.75, 3.05) is 18.5 Å². The highest BCUT2D eigenvalue weighted by atomic mass is 19.4. The van der Waals surface area contributed by atoms with Crippen molar-refractivity contribution in [2.45, 2.75) is 24.4 Å². The Morgan fingerprint density at radius 2 is 1.71 bits per heavy atom. The average molecular weight is 335 g/mol. The first-order valence-electron chi connectivity index (χ1n) is 7.80. The number of alkyl halides is 3. The minimum atomic E-state index is -4.38. The van der Waals surface area contributed by atoms with E-state index in [1.54, 1.807) is 0 Å². The number of nitrogens with one attached hydrogen (secondary N) is 1. The highest BCUT2D eigenvalue weighted by Gasteiger charge is 2.42. The maximum absolute atomic E-state index is 13.0. The van der Waals surface area contributed by atoms with E-state index in [0.29, 0.717) is 24.5 Å². The first kappa shape index (κ1) is 15.5. The number of halogens is 3. The number of rotatable bonds is 1. The molecule has 3 nitrogen and oxygen atoms in total. The van der Waals surface area contributed by atoms with Gasteiger partial charge in [-0.1, -0.05) is 30.3 Å². The average Bonchev–Trinajstić information content (AvgIpc) is 2.60. The quantitative estimate of drug-likeness (QED) is 0.841. The van der Waals surface area contributed by atoms with E-state index in [1.807, 2.05) is 30.3 Å². The van der Waals surface area contributed by atoms with Crippen LogP contribution in [-0.4, -0.2) is 19.3 Å². The van der Waals surface area contributed by atoms with Crippen LogP contribution < -0.4 is 5.32 Å². The molecule has 0 aromatic heterocycles. The van der Waals surface area contributed by atoms with E-state index in [1.165, 1.54) is 6.07 Å².